The van der Waals surface area contributed by atoms with Crippen LogP contribution in [-0.4, -0.2) is 48.6 Å². The van der Waals surface area contributed by atoms with E-state index in [1.807, 2.05) is 13.8 Å². The van der Waals surface area contributed by atoms with E-state index in [9.17, 15) is 4.79 Å². The first-order valence-corrected chi connectivity index (χ1v) is 6.14. The van der Waals surface area contributed by atoms with E-state index in [1.54, 1.807) is 13.8 Å². The van der Waals surface area contributed by atoms with Crippen LogP contribution in [0.25, 0.3) is 0 Å². The van der Waals surface area contributed by atoms with Crippen LogP contribution >= 0.6 is 0 Å². The third kappa shape index (κ3) is 1.98. The molecule has 3 fully saturated rings. The lowest BCUT2D eigenvalue weighted by Crippen LogP contribution is -2.39. The van der Waals surface area contributed by atoms with Crippen LogP contribution in [0.4, 0.5) is 0 Å². The fraction of sp³-hybridized carbons (Fsp3) is 0.917. The van der Waals surface area contributed by atoms with Gasteiger partial charge < -0.3 is 23.7 Å². The maximum Gasteiger partial charge on any atom is 0.198 e. The highest BCUT2D eigenvalue weighted by Crippen LogP contribution is 2.38. The Kier molecular flexibility index (Phi) is 2.60. The fourth-order valence-corrected chi connectivity index (χ4v) is 2.53. The van der Waals surface area contributed by atoms with Crippen LogP contribution in [0.1, 0.15) is 27.7 Å². The molecule has 0 spiro atoms. The molecule has 0 N–H and O–H groups in total. The van der Waals surface area contributed by atoms with Crippen molar-refractivity contribution >= 4 is 5.78 Å². The van der Waals surface area contributed by atoms with Crippen molar-refractivity contribution in [1.29, 1.82) is 0 Å². The van der Waals surface area contributed by atoms with E-state index in [4.69, 9.17) is 23.7 Å². The first kappa shape index (κ1) is 12.5. The second-order valence-electron chi connectivity index (χ2n) is 5.75. The summed E-state index contributed by atoms with van der Waals surface area (Å²) in [7, 11) is 0. The Morgan fingerprint density at radius 1 is 1.00 bits per heavy atom. The van der Waals surface area contributed by atoms with Crippen molar-refractivity contribution in [3.05, 3.63) is 0 Å². The number of ether oxygens (including phenoxy) is 5. The van der Waals surface area contributed by atoms with Gasteiger partial charge in [0, 0.05) is 0 Å². The number of hydrogen-bond donors (Lipinski definition) is 0. The van der Waals surface area contributed by atoms with Gasteiger partial charge in [-0.05, 0) is 27.7 Å². The minimum atomic E-state index is -0.776. The van der Waals surface area contributed by atoms with Crippen LogP contribution in [0.5, 0.6) is 0 Å². The molecule has 0 aromatic carbocycles. The number of ketones is 1. The van der Waals surface area contributed by atoms with Crippen LogP contribution in [-0.2, 0) is 28.5 Å². The highest BCUT2D eigenvalue weighted by molar-refractivity contribution is 5.90. The van der Waals surface area contributed by atoms with Crippen LogP contribution < -0.4 is 0 Å². The SMILES string of the molecule is CC1(C)OCC([C@H]2O[C@@H]3OC(C)(C)O[C@@H]3C2=O)O1. The largest absolute Gasteiger partial charge is 0.348 e. The van der Waals surface area contributed by atoms with Gasteiger partial charge in [0.2, 0.25) is 0 Å². The lowest BCUT2D eigenvalue weighted by Gasteiger charge is -2.23. The maximum absolute atomic E-state index is 12.2. The summed E-state index contributed by atoms with van der Waals surface area (Å²) >= 11 is 0. The number of rotatable bonds is 1. The Bertz CT molecular complexity index is 377. The highest BCUT2D eigenvalue weighted by Gasteiger charge is 2.57. The maximum atomic E-state index is 12.2. The molecule has 6 heteroatoms. The molecular weight excluding hydrogens is 240 g/mol. The molecule has 3 aliphatic heterocycles. The summed E-state index contributed by atoms with van der Waals surface area (Å²) in [5.41, 5.74) is 0. The van der Waals surface area contributed by atoms with E-state index in [0.717, 1.165) is 0 Å². The van der Waals surface area contributed by atoms with Gasteiger partial charge >= 0.3 is 0 Å². The second-order valence-corrected chi connectivity index (χ2v) is 5.75. The standard InChI is InChI=1S/C12H18O6/c1-11(2)14-5-6(16-11)8-7(13)9-10(15-8)18-12(3,4)17-9/h6,8-10H,5H2,1-4H3/t6?,8-,9-,10-/m1/s1. The molecule has 1 unspecified atom stereocenters. The summed E-state index contributed by atoms with van der Waals surface area (Å²) in [4.78, 5) is 12.2. The van der Waals surface area contributed by atoms with Crippen molar-refractivity contribution in [1.82, 2.24) is 0 Å². The normalized spacial score (nSPS) is 45.4. The van der Waals surface area contributed by atoms with Crippen molar-refractivity contribution in [2.75, 3.05) is 6.61 Å². The Balaban J connectivity index is 1.70. The van der Waals surface area contributed by atoms with E-state index in [0.29, 0.717) is 6.61 Å². The number of hydrogen-bond acceptors (Lipinski definition) is 6. The van der Waals surface area contributed by atoms with Crippen LogP contribution in [0.15, 0.2) is 0 Å². The highest BCUT2D eigenvalue weighted by atomic mass is 16.8. The number of Topliss-reactive ketones (excluding diaryl/α,β-unsaturated/α-hetero) is 1. The van der Waals surface area contributed by atoms with E-state index < -0.39 is 36.2 Å². The molecule has 102 valence electrons. The molecule has 0 saturated carbocycles. The Morgan fingerprint density at radius 3 is 2.28 bits per heavy atom. The first-order chi connectivity index (χ1) is 8.27. The van der Waals surface area contributed by atoms with Crippen LogP contribution in [0, 0.1) is 0 Å². The fourth-order valence-electron chi connectivity index (χ4n) is 2.53. The topological polar surface area (TPSA) is 63.2 Å². The lowest BCUT2D eigenvalue weighted by molar-refractivity contribution is -0.219. The third-order valence-electron chi connectivity index (χ3n) is 3.27. The van der Waals surface area contributed by atoms with E-state index in [2.05, 4.69) is 0 Å². The second kappa shape index (κ2) is 3.74. The van der Waals surface area contributed by atoms with Gasteiger partial charge in [-0.2, -0.15) is 0 Å². The van der Waals surface area contributed by atoms with Gasteiger partial charge in [0.05, 0.1) is 6.61 Å². The molecule has 3 rings (SSSR count). The molecule has 4 atom stereocenters. The molecule has 0 bridgehead atoms. The van der Waals surface area contributed by atoms with Crippen molar-refractivity contribution in [3.63, 3.8) is 0 Å². The lowest BCUT2D eigenvalue weighted by atomic mass is 10.1. The third-order valence-corrected chi connectivity index (χ3v) is 3.27. The number of carbonyl (C=O) groups excluding carboxylic acids is 1. The number of fused-ring (bicyclic) bond motifs is 1. The summed E-state index contributed by atoms with van der Waals surface area (Å²) in [6.45, 7) is 7.48. The monoisotopic (exact) mass is 258 g/mol. The minimum absolute atomic E-state index is 0.128. The molecule has 0 aromatic heterocycles. The Morgan fingerprint density at radius 2 is 1.72 bits per heavy atom. The smallest absolute Gasteiger partial charge is 0.198 e. The van der Waals surface area contributed by atoms with Gasteiger partial charge in [0.15, 0.2) is 35.9 Å². The molecule has 18 heavy (non-hydrogen) atoms. The zero-order chi connectivity index (χ0) is 13.1. The Hall–Kier alpha value is -0.530. The molecule has 0 amide bonds. The summed E-state index contributed by atoms with van der Waals surface area (Å²) in [6.07, 6.45) is -2.35. The summed E-state index contributed by atoms with van der Waals surface area (Å²) < 4.78 is 27.7. The molecule has 3 saturated heterocycles. The zero-order valence-corrected chi connectivity index (χ0v) is 11.0. The molecule has 0 aliphatic carbocycles. The van der Waals surface area contributed by atoms with E-state index in [1.165, 1.54) is 0 Å². The first-order valence-electron chi connectivity index (χ1n) is 6.14. The van der Waals surface area contributed by atoms with Crippen LogP contribution in [0.3, 0.4) is 0 Å². The average Bonchev–Trinajstić information content (AvgIpc) is 2.81. The quantitative estimate of drug-likeness (QED) is 0.685. The van der Waals surface area contributed by atoms with Crippen molar-refractivity contribution in [2.24, 2.45) is 0 Å². The van der Waals surface area contributed by atoms with Crippen molar-refractivity contribution in [2.45, 2.75) is 63.9 Å². The minimum Gasteiger partial charge on any atom is -0.348 e. The van der Waals surface area contributed by atoms with Crippen molar-refractivity contribution < 1.29 is 28.5 Å². The molecule has 6 nitrogen and oxygen atoms in total. The van der Waals surface area contributed by atoms with Crippen molar-refractivity contribution in [3.8, 4) is 0 Å². The molecule has 0 aromatic rings. The Labute approximate surface area is 105 Å². The average molecular weight is 258 g/mol. The van der Waals surface area contributed by atoms with Gasteiger partial charge in [-0.25, -0.2) is 0 Å². The van der Waals surface area contributed by atoms with E-state index >= 15 is 0 Å². The number of carbonyl (C=O) groups is 1. The summed E-state index contributed by atoms with van der Waals surface area (Å²) in [5.74, 6) is -1.58. The van der Waals surface area contributed by atoms with Gasteiger partial charge in [0.25, 0.3) is 0 Å². The van der Waals surface area contributed by atoms with Crippen LogP contribution in [0.2, 0.25) is 0 Å². The zero-order valence-electron chi connectivity index (χ0n) is 11.0. The molecule has 3 heterocycles. The molecular formula is C12H18O6. The summed E-state index contributed by atoms with van der Waals surface area (Å²) in [6, 6.07) is 0. The predicted octanol–water partition coefficient (Wildman–Crippen LogP) is 0.583. The van der Waals surface area contributed by atoms with Gasteiger partial charge in [0.1, 0.15) is 6.10 Å². The predicted molar refractivity (Wildman–Crippen MR) is 58.6 cm³/mol. The van der Waals surface area contributed by atoms with Gasteiger partial charge in [-0.15, -0.1) is 0 Å². The summed E-state index contributed by atoms with van der Waals surface area (Å²) in [5, 5.41) is 0. The van der Waals surface area contributed by atoms with Gasteiger partial charge in [-0.1, -0.05) is 0 Å². The molecule has 3 aliphatic rings. The van der Waals surface area contributed by atoms with Gasteiger partial charge in [-0.3, -0.25) is 4.79 Å². The molecule has 0 radical (unpaired) electrons. The van der Waals surface area contributed by atoms with E-state index in [-0.39, 0.29) is 5.78 Å².